The third-order valence-corrected chi connectivity index (χ3v) is 22.6. The first-order chi connectivity index (χ1) is 7.66. The fraction of sp³-hybridized carbons (Fsp3) is 0.692. The van der Waals surface area contributed by atoms with E-state index in [9.17, 15) is 0 Å². The Kier molecular flexibility index (Phi) is 9.31. The smallest absolute Gasteiger partial charge is 0.147 e. The molecule has 6 heteroatoms. The number of aliphatic hydroxyl groups is 1. The van der Waals surface area contributed by atoms with Gasteiger partial charge in [-0.2, -0.15) is 0 Å². The summed E-state index contributed by atoms with van der Waals surface area (Å²) in [5, 5.41) is 9.16. The predicted octanol–water partition coefficient (Wildman–Crippen LogP) is 3.06. The number of halogens is 2. The average Bonchev–Trinajstić information content (AvgIpc) is 2.65. The molecule has 0 unspecified atom stereocenters. The van der Waals surface area contributed by atoms with Gasteiger partial charge < -0.3 is 0 Å². The van der Waals surface area contributed by atoms with Crippen LogP contribution in [0.5, 0.6) is 0 Å². The van der Waals surface area contributed by atoms with Crippen LogP contribution < -0.4 is 3.26 Å². The summed E-state index contributed by atoms with van der Waals surface area (Å²) < 4.78 is 9.27. The van der Waals surface area contributed by atoms with Crippen LogP contribution in [0.2, 0.25) is 8.76 Å². The number of rotatable bonds is 5. The van der Waals surface area contributed by atoms with Gasteiger partial charge in [0.05, 0.1) is 0 Å². The van der Waals surface area contributed by atoms with E-state index in [1.807, 2.05) is 0 Å². The molecular formula is C13H29Cl2NOSiZr. The van der Waals surface area contributed by atoms with Gasteiger partial charge in [-0.15, -0.1) is 24.8 Å². The number of hydrogen-bond donors (Lipinski definition) is 2. The molecule has 1 rings (SSSR count). The molecular weight excluding hydrogens is 376 g/mol. The van der Waals surface area contributed by atoms with Crippen molar-refractivity contribution in [2.24, 2.45) is 0 Å². The number of nitrogens with one attached hydrogen (secondary N) is 1. The van der Waals surface area contributed by atoms with Gasteiger partial charge in [0.25, 0.3) is 0 Å². The summed E-state index contributed by atoms with van der Waals surface area (Å²) in [7, 11) is 0. The van der Waals surface area contributed by atoms with Gasteiger partial charge in [-0.25, -0.2) is 0 Å². The summed E-state index contributed by atoms with van der Waals surface area (Å²) >= 11 is -3.02. The van der Waals surface area contributed by atoms with E-state index in [-0.39, 0.29) is 30.4 Å². The molecule has 0 fully saturated rings. The second-order valence-corrected chi connectivity index (χ2v) is 32.8. The van der Waals surface area contributed by atoms with Crippen LogP contribution in [0.15, 0.2) is 21.5 Å². The molecule has 0 bridgehead atoms. The molecule has 0 aliphatic heterocycles. The van der Waals surface area contributed by atoms with Crippen LogP contribution in [0.4, 0.5) is 0 Å². The third kappa shape index (κ3) is 6.58. The van der Waals surface area contributed by atoms with Crippen molar-refractivity contribution in [3.63, 3.8) is 0 Å². The largest absolute Gasteiger partial charge is 0.147 e. The molecule has 0 heterocycles. The Morgan fingerprint density at radius 1 is 1.37 bits per heavy atom. The van der Waals surface area contributed by atoms with E-state index in [0.717, 1.165) is 12.8 Å². The SMILES string of the molecule is CC(C)(C)[NH][Zr]([CH3])(=[SiH2])([CH2]CCO)[C]1=CC=CC1.Cl.Cl. The monoisotopic (exact) mass is 403 g/mol. The average molecular weight is 406 g/mol. The van der Waals surface area contributed by atoms with Crippen LogP contribution in [-0.4, -0.2) is 24.1 Å². The fourth-order valence-corrected chi connectivity index (χ4v) is 21.9. The maximum absolute atomic E-state index is 9.16. The van der Waals surface area contributed by atoms with Crippen molar-refractivity contribution in [3.8, 4) is 0 Å². The van der Waals surface area contributed by atoms with Gasteiger partial charge in [-0.1, -0.05) is 0 Å². The number of hydrogen-bond acceptors (Lipinski definition) is 2. The molecule has 19 heavy (non-hydrogen) atoms. The molecule has 0 aromatic heterocycles. The van der Waals surface area contributed by atoms with Crippen LogP contribution in [0.1, 0.15) is 33.6 Å². The molecule has 1 aliphatic carbocycles. The zero-order chi connectivity index (χ0) is 13.2. The number of allylic oxidation sites excluding steroid dienone is 4. The van der Waals surface area contributed by atoms with Crippen LogP contribution >= 0.6 is 24.8 Å². The van der Waals surface area contributed by atoms with Crippen molar-refractivity contribution in [1.82, 2.24) is 3.26 Å². The molecule has 2 N–H and O–H groups in total. The normalized spacial score (nSPS) is 15.6. The van der Waals surface area contributed by atoms with Gasteiger partial charge in [0.1, 0.15) is 0 Å². The fourth-order valence-electron chi connectivity index (χ4n) is 2.94. The van der Waals surface area contributed by atoms with E-state index in [2.05, 4.69) is 53.8 Å². The van der Waals surface area contributed by atoms with Crippen molar-refractivity contribution in [2.45, 2.75) is 47.9 Å². The maximum atomic E-state index is 9.16. The Balaban J connectivity index is 0. The van der Waals surface area contributed by atoms with Crippen molar-refractivity contribution >= 4 is 31.7 Å². The van der Waals surface area contributed by atoms with E-state index in [0.29, 0.717) is 6.61 Å². The second kappa shape index (κ2) is 7.91. The van der Waals surface area contributed by atoms with Gasteiger partial charge in [0.15, 0.2) is 0 Å². The summed E-state index contributed by atoms with van der Waals surface area (Å²) in [4.78, 5) is 0. The quantitative estimate of drug-likeness (QED) is 0.689. The Morgan fingerprint density at radius 3 is 2.32 bits per heavy atom. The Hall–Kier alpha value is 1.08. The van der Waals surface area contributed by atoms with Gasteiger partial charge in [0.2, 0.25) is 0 Å². The van der Waals surface area contributed by atoms with E-state index in [1.165, 1.54) is 4.13 Å². The minimum Gasteiger partial charge on any atom is -0.147 e. The first-order valence-corrected chi connectivity index (χ1v) is 19.1. The van der Waals surface area contributed by atoms with Crippen LogP contribution in [0, 0.1) is 0 Å². The summed E-state index contributed by atoms with van der Waals surface area (Å²) in [5.74, 6) is 0. The molecule has 1 aliphatic rings. The Morgan fingerprint density at radius 2 is 1.95 bits per heavy atom. The van der Waals surface area contributed by atoms with Gasteiger partial charge in [-0.05, 0) is 0 Å². The zero-order valence-corrected chi connectivity index (χ0v) is 18.0. The molecule has 0 spiro atoms. The van der Waals surface area contributed by atoms with Crippen molar-refractivity contribution in [2.75, 3.05) is 6.61 Å². The maximum Gasteiger partial charge on any atom is -0.147 e. The summed E-state index contributed by atoms with van der Waals surface area (Å²) in [5.41, 5.74) is 0.153. The van der Waals surface area contributed by atoms with Crippen molar-refractivity contribution < 1.29 is 22.8 Å². The second-order valence-electron chi connectivity index (χ2n) is 6.82. The topological polar surface area (TPSA) is 32.3 Å². The molecule has 0 atom stereocenters. The first kappa shape index (κ1) is 22.4. The molecule has 0 saturated heterocycles. The van der Waals surface area contributed by atoms with Gasteiger partial charge in [-0.3, -0.25) is 0 Å². The molecule has 0 amide bonds. The standard InChI is InChI=1S/C5H5.C4H10N.C3H7O.CH3.2ClH.H2Si.Zr/c1-2-4-5-3-1;1-4(2,3)5;1-2-3-4;;;;;/h1-3H,4H2;5H,1-3H3;4H,1-3H2;1H3;2*1H;1H2;/q;-1;;;;;;+1. The molecule has 0 aromatic rings. The Bertz CT molecular complexity index is 415. The third-order valence-electron chi connectivity index (χ3n) is 3.46. The summed E-state index contributed by atoms with van der Waals surface area (Å²) in [6.45, 7) is 9.28. The first-order valence-electron chi connectivity index (χ1n) is 6.49. The Labute approximate surface area is 133 Å². The molecule has 0 aromatic carbocycles. The molecule has 0 radical (unpaired) electrons. The summed E-state index contributed by atoms with van der Waals surface area (Å²) in [6.07, 6.45) is 8.78. The van der Waals surface area contributed by atoms with Crippen LogP contribution in [0.3, 0.4) is 0 Å². The van der Waals surface area contributed by atoms with E-state index in [4.69, 9.17) is 5.11 Å². The van der Waals surface area contributed by atoms with E-state index < -0.39 is 17.7 Å². The molecule has 114 valence electrons. The van der Waals surface area contributed by atoms with Crippen molar-refractivity contribution in [1.29, 1.82) is 0 Å². The van der Waals surface area contributed by atoms with Crippen LogP contribution in [0.25, 0.3) is 0 Å². The van der Waals surface area contributed by atoms with E-state index in [1.54, 1.807) is 3.28 Å². The van der Waals surface area contributed by atoms with E-state index >= 15 is 0 Å². The minimum atomic E-state index is -3.02. The zero-order valence-electron chi connectivity index (χ0n) is 12.5. The molecule has 2 nitrogen and oxygen atoms in total. The van der Waals surface area contributed by atoms with Crippen molar-refractivity contribution in [3.05, 3.63) is 21.5 Å². The number of aliphatic hydroxyl groups excluding tert-OH is 1. The van der Waals surface area contributed by atoms with Gasteiger partial charge >= 0.3 is 109 Å². The minimum absolute atomic E-state index is 0. The predicted molar refractivity (Wildman–Crippen MR) is 90.1 cm³/mol. The molecule has 0 saturated carbocycles. The van der Waals surface area contributed by atoms with Crippen LogP contribution in [-0.2, 0) is 17.7 Å². The summed E-state index contributed by atoms with van der Waals surface area (Å²) in [6, 6.07) is 0. The van der Waals surface area contributed by atoms with Gasteiger partial charge in [0, 0.05) is 0 Å².